The molecule has 7 heteroatoms. The molecule has 1 amide bonds. The molecule has 1 aromatic carbocycles. The molecule has 1 aliphatic rings. The van der Waals surface area contributed by atoms with Gasteiger partial charge in [0.25, 0.3) is 5.91 Å². The van der Waals surface area contributed by atoms with Crippen LogP contribution >= 0.6 is 11.3 Å². The zero-order valence-corrected chi connectivity index (χ0v) is 16.9. The maximum absolute atomic E-state index is 12.4. The minimum Gasteiger partial charge on any atom is -0.497 e. The smallest absolute Gasteiger partial charge is 0.286 e. The molecule has 6 nitrogen and oxygen atoms in total. The predicted molar refractivity (Wildman–Crippen MR) is 108 cm³/mol. The summed E-state index contributed by atoms with van der Waals surface area (Å²) < 4.78 is 5.13. The highest BCUT2D eigenvalue weighted by molar-refractivity contribution is 7.13. The molecule has 1 N–H and O–H groups in total. The van der Waals surface area contributed by atoms with Gasteiger partial charge in [0.15, 0.2) is 0 Å². The molecule has 146 valence electrons. The van der Waals surface area contributed by atoms with Gasteiger partial charge in [0.1, 0.15) is 10.8 Å². The number of likely N-dealkylation sites (tertiary alicyclic amines) is 1. The van der Waals surface area contributed by atoms with Crippen LogP contribution in [0.3, 0.4) is 0 Å². The van der Waals surface area contributed by atoms with E-state index in [1.807, 2.05) is 24.3 Å². The number of hydrogen-bond acceptors (Lipinski definition) is 6. The van der Waals surface area contributed by atoms with Gasteiger partial charge in [-0.15, -0.1) is 10.2 Å². The summed E-state index contributed by atoms with van der Waals surface area (Å²) in [5.74, 6) is 1.40. The third kappa shape index (κ3) is 5.74. The molecule has 1 unspecified atom stereocenters. The lowest BCUT2D eigenvalue weighted by Crippen LogP contribution is -2.24. The van der Waals surface area contributed by atoms with E-state index < -0.39 is 0 Å². The van der Waals surface area contributed by atoms with E-state index >= 15 is 0 Å². The van der Waals surface area contributed by atoms with Gasteiger partial charge in [0, 0.05) is 5.69 Å². The average molecular weight is 389 g/mol. The monoisotopic (exact) mass is 388 g/mol. The number of carbonyl (C=O) groups excluding carboxylic acids is 1. The first kappa shape index (κ1) is 19.8. The van der Waals surface area contributed by atoms with Crippen LogP contribution in [0.4, 0.5) is 5.69 Å². The fourth-order valence-corrected chi connectivity index (χ4v) is 4.32. The number of ether oxygens (including phenoxy) is 1. The summed E-state index contributed by atoms with van der Waals surface area (Å²) in [6, 6.07) is 7.24. The maximum Gasteiger partial charge on any atom is 0.286 e. The number of benzene rings is 1. The Morgan fingerprint density at radius 1 is 1.26 bits per heavy atom. The second kappa shape index (κ2) is 9.80. The van der Waals surface area contributed by atoms with Crippen molar-refractivity contribution < 1.29 is 9.53 Å². The molecular weight excluding hydrogens is 360 g/mol. The molecule has 2 aromatic rings. The summed E-state index contributed by atoms with van der Waals surface area (Å²) in [5, 5.41) is 12.5. The van der Waals surface area contributed by atoms with Crippen LogP contribution in [0, 0.1) is 5.92 Å². The minimum atomic E-state index is -0.220. The molecule has 0 aliphatic carbocycles. The summed E-state index contributed by atoms with van der Waals surface area (Å²) in [6.07, 6.45) is 6.44. The second-order valence-corrected chi connectivity index (χ2v) is 8.11. The van der Waals surface area contributed by atoms with Crippen molar-refractivity contribution in [2.24, 2.45) is 5.92 Å². The van der Waals surface area contributed by atoms with E-state index in [0.29, 0.717) is 10.7 Å². The molecule has 1 fully saturated rings. The molecule has 0 bridgehead atoms. The van der Waals surface area contributed by atoms with Gasteiger partial charge in [0.05, 0.1) is 13.7 Å². The SMILES string of the molecule is CCCC1CCCN(Cc2nnc(C(=O)Nc3ccc(OC)cc3)s2)CC1. The molecule has 0 radical (unpaired) electrons. The number of amides is 1. The van der Waals surface area contributed by atoms with Crippen molar-refractivity contribution in [3.05, 3.63) is 34.3 Å². The number of nitrogens with zero attached hydrogens (tertiary/aromatic N) is 3. The van der Waals surface area contributed by atoms with Crippen LogP contribution in [0.15, 0.2) is 24.3 Å². The zero-order valence-electron chi connectivity index (χ0n) is 16.1. The molecule has 1 aliphatic heterocycles. The summed E-state index contributed by atoms with van der Waals surface area (Å²) in [4.78, 5) is 14.8. The third-order valence-corrected chi connectivity index (χ3v) is 5.91. The highest BCUT2D eigenvalue weighted by Crippen LogP contribution is 2.24. The van der Waals surface area contributed by atoms with Crippen LogP contribution in [-0.2, 0) is 6.54 Å². The van der Waals surface area contributed by atoms with Crippen molar-refractivity contribution >= 4 is 22.9 Å². The van der Waals surface area contributed by atoms with Crippen molar-refractivity contribution in [1.29, 1.82) is 0 Å². The normalized spacial score (nSPS) is 18.1. The minimum absolute atomic E-state index is 0.220. The Hall–Kier alpha value is -1.99. The standard InChI is InChI=1S/C20H28N4O2S/c1-3-5-15-6-4-12-24(13-11-15)14-18-22-23-20(27-18)19(25)21-16-7-9-17(26-2)10-8-16/h7-10,15H,3-6,11-14H2,1-2H3,(H,21,25). The lowest BCUT2D eigenvalue weighted by Gasteiger charge is -2.18. The lowest BCUT2D eigenvalue weighted by atomic mass is 9.96. The van der Waals surface area contributed by atoms with Crippen LogP contribution in [0.2, 0.25) is 0 Å². The molecule has 1 saturated heterocycles. The number of methoxy groups -OCH3 is 1. The van der Waals surface area contributed by atoms with Crippen LogP contribution in [0.1, 0.15) is 53.8 Å². The van der Waals surface area contributed by atoms with Crippen molar-refractivity contribution in [3.63, 3.8) is 0 Å². The number of nitrogens with one attached hydrogen (secondary N) is 1. The van der Waals surface area contributed by atoms with Crippen molar-refractivity contribution in [1.82, 2.24) is 15.1 Å². The van der Waals surface area contributed by atoms with Gasteiger partial charge in [-0.2, -0.15) is 0 Å². The quantitative estimate of drug-likeness (QED) is 0.770. The van der Waals surface area contributed by atoms with Gasteiger partial charge < -0.3 is 10.1 Å². The highest BCUT2D eigenvalue weighted by Gasteiger charge is 2.19. The first-order valence-corrected chi connectivity index (χ1v) is 10.5. The number of rotatable bonds is 7. The molecular formula is C20H28N4O2S. The molecule has 0 saturated carbocycles. The molecule has 1 aromatic heterocycles. The summed E-state index contributed by atoms with van der Waals surface area (Å²) in [6.45, 7) is 5.26. The van der Waals surface area contributed by atoms with Crippen LogP contribution in [-0.4, -0.2) is 41.2 Å². The molecule has 27 heavy (non-hydrogen) atoms. The van der Waals surface area contributed by atoms with E-state index in [1.165, 1.54) is 43.4 Å². The zero-order chi connectivity index (χ0) is 19.1. The Kier molecular flexibility index (Phi) is 7.18. The largest absolute Gasteiger partial charge is 0.497 e. The molecule has 0 spiro atoms. The molecule has 3 rings (SSSR count). The van der Waals surface area contributed by atoms with E-state index in [9.17, 15) is 4.79 Å². The summed E-state index contributed by atoms with van der Waals surface area (Å²) >= 11 is 1.38. The van der Waals surface area contributed by atoms with Gasteiger partial charge in [-0.1, -0.05) is 31.1 Å². The Balaban J connectivity index is 1.53. The number of anilines is 1. The maximum atomic E-state index is 12.4. The van der Waals surface area contributed by atoms with E-state index in [0.717, 1.165) is 36.3 Å². The predicted octanol–water partition coefficient (Wildman–Crippen LogP) is 4.20. The first-order valence-electron chi connectivity index (χ1n) is 9.68. The van der Waals surface area contributed by atoms with Gasteiger partial charge in [-0.25, -0.2) is 0 Å². The Labute approximate surface area is 164 Å². The fourth-order valence-electron chi connectivity index (χ4n) is 3.54. The first-order chi connectivity index (χ1) is 13.2. The van der Waals surface area contributed by atoms with Gasteiger partial charge in [-0.3, -0.25) is 9.69 Å². The van der Waals surface area contributed by atoms with E-state index in [2.05, 4.69) is 27.3 Å². The Morgan fingerprint density at radius 2 is 2.07 bits per heavy atom. The number of carbonyl (C=O) groups is 1. The van der Waals surface area contributed by atoms with Crippen molar-refractivity contribution in [3.8, 4) is 5.75 Å². The molecule has 1 atom stereocenters. The van der Waals surface area contributed by atoms with Crippen LogP contribution in [0.25, 0.3) is 0 Å². The highest BCUT2D eigenvalue weighted by atomic mass is 32.1. The summed E-state index contributed by atoms with van der Waals surface area (Å²) in [5.41, 5.74) is 0.715. The number of aromatic nitrogens is 2. The second-order valence-electron chi connectivity index (χ2n) is 7.05. The van der Waals surface area contributed by atoms with Crippen molar-refractivity contribution in [2.45, 2.75) is 45.6 Å². The van der Waals surface area contributed by atoms with Gasteiger partial charge >= 0.3 is 0 Å². The van der Waals surface area contributed by atoms with Gasteiger partial charge in [0.2, 0.25) is 5.01 Å². The Bertz CT molecular complexity index is 732. The van der Waals surface area contributed by atoms with E-state index in [4.69, 9.17) is 4.74 Å². The summed E-state index contributed by atoms with van der Waals surface area (Å²) in [7, 11) is 1.62. The van der Waals surface area contributed by atoms with Gasteiger partial charge in [-0.05, 0) is 62.5 Å². The van der Waals surface area contributed by atoms with Crippen LogP contribution < -0.4 is 10.1 Å². The molecule has 2 heterocycles. The van der Waals surface area contributed by atoms with Crippen LogP contribution in [0.5, 0.6) is 5.75 Å². The topological polar surface area (TPSA) is 67.4 Å². The number of hydrogen-bond donors (Lipinski definition) is 1. The lowest BCUT2D eigenvalue weighted by molar-refractivity contribution is 0.102. The van der Waals surface area contributed by atoms with Crippen molar-refractivity contribution in [2.75, 3.05) is 25.5 Å². The van der Waals surface area contributed by atoms with E-state index in [-0.39, 0.29) is 5.91 Å². The Morgan fingerprint density at radius 3 is 2.81 bits per heavy atom. The van der Waals surface area contributed by atoms with E-state index in [1.54, 1.807) is 7.11 Å². The average Bonchev–Trinajstić information content (AvgIpc) is 3.04. The fraction of sp³-hybridized carbons (Fsp3) is 0.550. The third-order valence-electron chi connectivity index (χ3n) is 5.01.